The fourth-order valence-electron chi connectivity index (χ4n) is 6.38. The van der Waals surface area contributed by atoms with E-state index in [1.54, 1.807) is 0 Å². The number of esters is 4. The summed E-state index contributed by atoms with van der Waals surface area (Å²) in [6.07, 6.45) is -13.1. The van der Waals surface area contributed by atoms with Crippen molar-refractivity contribution in [3.8, 4) is 0 Å². The van der Waals surface area contributed by atoms with Crippen LogP contribution >= 0.6 is 0 Å². The quantitative estimate of drug-likeness (QED) is 0.155. The predicted octanol–water partition coefficient (Wildman–Crippen LogP) is 3.56. The maximum absolute atomic E-state index is 12.5. The van der Waals surface area contributed by atoms with E-state index in [1.807, 2.05) is 91.0 Å². The number of ether oxygens (including phenoxy) is 10. The molecule has 15 nitrogen and oxygen atoms in total. The van der Waals surface area contributed by atoms with Crippen molar-refractivity contribution in [3.63, 3.8) is 0 Å². The Kier molecular flexibility index (Phi) is 15.9. The molecule has 2 heterocycles. The number of rotatable bonds is 17. The van der Waals surface area contributed by atoms with Gasteiger partial charge in [0.25, 0.3) is 0 Å². The van der Waals surface area contributed by atoms with Crippen LogP contribution in [-0.2, 0) is 86.4 Å². The van der Waals surface area contributed by atoms with Crippen LogP contribution in [0.2, 0.25) is 0 Å². The predicted molar refractivity (Wildman–Crippen MR) is 194 cm³/mol. The summed E-state index contributed by atoms with van der Waals surface area (Å²) in [5, 5.41) is 11.4. The average molecular weight is 781 g/mol. The molecule has 0 aromatic heterocycles. The van der Waals surface area contributed by atoms with Gasteiger partial charge in [0.05, 0.1) is 19.8 Å². The first-order chi connectivity index (χ1) is 27.0. The molecule has 5 rings (SSSR count). The number of benzene rings is 3. The smallest absolute Gasteiger partial charge is 0.303 e. The van der Waals surface area contributed by atoms with Gasteiger partial charge < -0.3 is 52.5 Å². The van der Waals surface area contributed by atoms with Crippen molar-refractivity contribution < 1.29 is 71.7 Å². The van der Waals surface area contributed by atoms with Crippen LogP contribution in [0.1, 0.15) is 44.4 Å². The molecule has 1 N–H and O–H groups in total. The van der Waals surface area contributed by atoms with E-state index in [0.29, 0.717) is 0 Å². The molecule has 56 heavy (non-hydrogen) atoms. The van der Waals surface area contributed by atoms with Gasteiger partial charge >= 0.3 is 23.9 Å². The van der Waals surface area contributed by atoms with Crippen LogP contribution in [0.25, 0.3) is 0 Å². The molecule has 0 amide bonds. The van der Waals surface area contributed by atoms with Crippen LogP contribution in [-0.4, -0.2) is 104 Å². The number of hydrogen-bond donors (Lipinski definition) is 1. The summed E-state index contributed by atoms with van der Waals surface area (Å²) in [4.78, 5) is 48.7. The van der Waals surface area contributed by atoms with Crippen molar-refractivity contribution in [1.82, 2.24) is 0 Å². The molecular weight excluding hydrogens is 732 g/mol. The van der Waals surface area contributed by atoms with Crippen LogP contribution in [0.15, 0.2) is 91.0 Å². The summed E-state index contributed by atoms with van der Waals surface area (Å²) < 4.78 is 60.3. The molecule has 0 bridgehead atoms. The van der Waals surface area contributed by atoms with Gasteiger partial charge in [-0.3, -0.25) is 19.2 Å². The van der Waals surface area contributed by atoms with E-state index >= 15 is 0 Å². The number of aliphatic hydroxyl groups is 1. The second-order valence-electron chi connectivity index (χ2n) is 13.2. The third-order valence-corrected chi connectivity index (χ3v) is 8.85. The van der Waals surface area contributed by atoms with Crippen molar-refractivity contribution in [3.05, 3.63) is 108 Å². The van der Waals surface area contributed by atoms with Gasteiger partial charge in [-0.2, -0.15) is 0 Å². The van der Waals surface area contributed by atoms with Crippen LogP contribution in [0, 0.1) is 0 Å². The standard InChI is InChI=1S/C41H48O15/c1-25(42)47-23-32-34(49-20-29-14-8-5-9-15-29)36(50-21-30-16-10-6-11-17-30)39(51-22-31-18-12-7-13-19-31)41(55-32)56-38-37(53-28(4)45)35(52-27(3)44)33(54-40(38)46)24-48-26(2)43/h5-19,32-41,46H,20-24H2,1-4H3/t32-,33-,34-,35-,36+,37+,38+,39+,40+,41+/m1/s1. The summed E-state index contributed by atoms with van der Waals surface area (Å²) in [6, 6.07) is 28.2. The van der Waals surface area contributed by atoms with Gasteiger partial charge in [-0.05, 0) is 16.7 Å². The number of aliphatic hydroxyl groups excluding tert-OH is 1. The van der Waals surface area contributed by atoms with Crippen LogP contribution in [0.5, 0.6) is 0 Å². The molecule has 0 radical (unpaired) electrons. The minimum atomic E-state index is -1.84. The highest BCUT2D eigenvalue weighted by Gasteiger charge is 2.55. The molecule has 2 saturated heterocycles. The Morgan fingerprint density at radius 1 is 0.500 bits per heavy atom. The van der Waals surface area contributed by atoms with Gasteiger partial charge in [0.1, 0.15) is 43.7 Å². The molecule has 2 aliphatic rings. The van der Waals surface area contributed by atoms with Crippen molar-refractivity contribution >= 4 is 23.9 Å². The lowest BCUT2D eigenvalue weighted by Gasteiger charge is -2.49. The van der Waals surface area contributed by atoms with Gasteiger partial charge in [0.2, 0.25) is 0 Å². The summed E-state index contributed by atoms with van der Waals surface area (Å²) in [5.41, 5.74) is 2.50. The lowest BCUT2D eigenvalue weighted by Crippen LogP contribution is -2.66. The average Bonchev–Trinajstić information content (AvgIpc) is 3.17. The molecule has 0 unspecified atom stereocenters. The highest BCUT2D eigenvalue weighted by Crippen LogP contribution is 2.35. The molecule has 2 fully saturated rings. The van der Waals surface area contributed by atoms with Gasteiger partial charge in [-0.25, -0.2) is 0 Å². The molecule has 0 aliphatic carbocycles. The Balaban J connectivity index is 1.55. The van der Waals surface area contributed by atoms with Crippen molar-refractivity contribution in [1.29, 1.82) is 0 Å². The molecule has 302 valence electrons. The first kappa shape index (κ1) is 42.4. The van der Waals surface area contributed by atoms with Crippen molar-refractivity contribution in [2.45, 2.75) is 109 Å². The second-order valence-corrected chi connectivity index (χ2v) is 13.2. The SMILES string of the molecule is CC(=O)OC[C@H]1O[C@@H](O[C@H]2[C@@H](OC(C)=O)[C@H](OC(C)=O)[C@@H](COC(C)=O)O[C@@H]2O)[C@@H](OCc2ccccc2)[C@@H](OCc2ccccc2)[C@@H]1OCc1ccccc1. The Morgan fingerprint density at radius 3 is 1.36 bits per heavy atom. The number of carbonyl (C=O) groups is 4. The molecule has 2 aliphatic heterocycles. The minimum Gasteiger partial charge on any atom is -0.463 e. The molecule has 10 atom stereocenters. The lowest BCUT2D eigenvalue weighted by atomic mass is 9.96. The zero-order valence-corrected chi connectivity index (χ0v) is 31.6. The van der Waals surface area contributed by atoms with E-state index in [9.17, 15) is 24.3 Å². The Bertz CT molecular complexity index is 1690. The maximum Gasteiger partial charge on any atom is 0.303 e. The molecule has 0 saturated carbocycles. The van der Waals surface area contributed by atoms with E-state index in [1.165, 1.54) is 13.8 Å². The van der Waals surface area contributed by atoms with E-state index in [4.69, 9.17) is 47.4 Å². The second kappa shape index (κ2) is 21.0. The van der Waals surface area contributed by atoms with E-state index in [0.717, 1.165) is 30.5 Å². The van der Waals surface area contributed by atoms with Gasteiger partial charge in [-0.15, -0.1) is 0 Å². The number of hydrogen-bond acceptors (Lipinski definition) is 15. The minimum absolute atomic E-state index is 0.0531. The van der Waals surface area contributed by atoms with Crippen LogP contribution < -0.4 is 0 Å². The Labute approximate surface area is 325 Å². The molecule has 15 heteroatoms. The fourth-order valence-corrected chi connectivity index (χ4v) is 6.38. The van der Waals surface area contributed by atoms with E-state index < -0.39 is 91.9 Å². The zero-order valence-electron chi connectivity index (χ0n) is 31.6. The summed E-state index contributed by atoms with van der Waals surface area (Å²) >= 11 is 0. The number of carbonyl (C=O) groups excluding carboxylic acids is 4. The Hall–Kier alpha value is -4.74. The lowest BCUT2D eigenvalue weighted by molar-refractivity contribution is -0.372. The monoisotopic (exact) mass is 780 g/mol. The molecule has 3 aromatic rings. The molecule has 3 aromatic carbocycles. The normalized spacial score (nSPS) is 27.4. The van der Waals surface area contributed by atoms with E-state index in [-0.39, 0.29) is 26.4 Å². The van der Waals surface area contributed by atoms with Crippen molar-refractivity contribution in [2.24, 2.45) is 0 Å². The zero-order chi connectivity index (χ0) is 40.0. The highest BCUT2D eigenvalue weighted by molar-refractivity contribution is 5.68. The highest BCUT2D eigenvalue weighted by atomic mass is 16.8. The maximum atomic E-state index is 12.5. The third kappa shape index (κ3) is 12.4. The van der Waals surface area contributed by atoms with Crippen LogP contribution in [0.4, 0.5) is 0 Å². The third-order valence-electron chi connectivity index (χ3n) is 8.85. The first-order valence-corrected chi connectivity index (χ1v) is 18.2. The van der Waals surface area contributed by atoms with Gasteiger partial charge in [0, 0.05) is 27.7 Å². The molecular formula is C41H48O15. The van der Waals surface area contributed by atoms with Crippen molar-refractivity contribution in [2.75, 3.05) is 13.2 Å². The topological polar surface area (TPSA) is 181 Å². The first-order valence-electron chi connectivity index (χ1n) is 18.2. The van der Waals surface area contributed by atoms with E-state index in [2.05, 4.69) is 0 Å². The molecule has 0 spiro atoms. The largest absolute Gasteiger partial charge is 0.463 e. The summed E-state index contributed by atoms with van der Waals surface area (Å²) in [6.45, 7) is 4.24. The van der Waals surface area contributed by atoms with Gasteiger partial charge in [-0.1, -0.05) is 91.0 Å². The Morgan fingerprint density at radius 2 is 0.911 bits per heavy atom. The van der Waals surface area contributed by atoms with Gasteiger partial charge in [0.15, 0.2) is 30.9 Å². The van der Waals surface area contributed by atoms with Crippen LogP contribution in [0.3, 0.4) is 0 Å². The summed E-state index contributed by atoms with van der Waals surface area (Å²) in [5.74, 6) is -2.81. The fraction of sp³-hybridized carbons (Fsp3) is 0.463. The summed E-state index contributed by atoms with van der Waals surface area (Å²) in [7, 11) is 0.